The van der Waals surface area contributed by atoms with E-state index >= 15 is 0 Å². The molecule has 1 aromatic heterocycles. The van der Waals surface area contributed by atoms with Crippen LogP contribution in [0.4, 0.5) is 5.82 Å². The Morgan fingerprint density at radius 1 is 1.24 bits per heavy atom. The minimum absolute atomic E-state index is 0.493. The summed E-state index contributed by atoms with van der Waals surface area (Å²) in [6.45, 7) is 9.02. The molecule has 1 aliphatic heterocycles. The van der Waals surface area contributed by atoms with Gasteiger partial charge in [0.15, 0.2) is 0 Å². The molecule has 3 nitrogen and oxygen atoms in total. The third-order valence-corrected chi connectivity index (χ3v) is 3.67. The van der Waals surface area contributed by atoms with Gasteiger partial charge in [-0.05, 0) is 24.7 Å². The monoisotopic (exact) mass is 231 g/mol. The standard InChI is InChI=1S/C14H21N3/c1-9(2)12-6-13(17-7-10(3)8-17)16-14(15-12)11-4-5-11/h6,9-11H,4-5,7-8H2,1-3H3. The van der Waals surface area contributed by atoms with Gasteiger partial charge < -0.3 is 4.90 Å². The Bertz CT molecular complexity index is 397. The van der Waals surface area contributed by atoms with E-state index in [1.807, 2.05) is 0 Å². The molecule has 2 heterocycles. The minimum atomic E-state index is 0.493. The maximum absolute atomic E-state index is 4.75. The van der Waals surface area contributed by atoms with Gasteiger partial charge in [0.2, 0.25) is 0 Å². The Balaban J connectivity index is 1.90. The second kappa shape index (κ2) is 3.97. The lowest BCUT2D eigenvalue weighted by atomic mass is 10.0. The Labute approximate surface area is 103 Å². The molecule has 0 spiro atoms. The van der Waals surface area contributed by atoms with Crippen LogP contribution in [0.15, 0.2) is 6.07 Å². The van der Waals surface area contributed by atoms with Crippen molar-refractivity contribution in [2.45, 2.75) is 45.4 Å². The van der Waals surface area contributed by atoms with Gasteiger partial charge in [-0.2, -0.15) is 0 Å². The molecule has 1 saturated carbocycles. The van der Waals surface area contributed by atoms with Crippen LogP contribution in [0.25, 0.3) is 0 Å². The third-order valence-electron chi connectivity index (χ3n) is 3.67. The van der Waals surface area contributed by atoms with E-state index in [9.17, 15) is 0 Å². The molecule has 2 aliphatic rings. The summed E-state index contributed by atoms with van der Waals surface area (Å²) in [5.41, 5.74) is 1.21. The van der Waals surface area contributed by atoms with Crippen LogP contribution in [0.3, 0.4) is 0 Å². The molecule has 0 aromatic carbocycles. The second-order valence-electron chi connectivity index (χ2n) is 5.95. The maximum atomic E-state index is 4.75. The molecule has 0 bridgehead atoms. The summed E-state index contributed by atoms with van der Waals surface area (Å²) < 4.78 is 0. The smallest absolute Gasteiger partial charge is 0.134 e. The lowest BCUT2D eigenvalue weighted by Crippen LogP contribution is -2.45. The molecule has 0 atom stereocenters. The summed E-state index contributed by atoms with van der Waals surface area (Å²) in [5.74, 6) is 4.20. The van der Waals surface area contributed by atoms with Gasteiger partial charge in [-0.15, -0.1) is 0 Å². The summed E-state index contributed by atoms with van der Waals surface area (Å²) >= 11 is 0. The zero-order valence-corrected chi connectivity index (χ0v) is 11.0. The zero-order chi connectivity index (χ0) is 12.0. The third kappa shape index (κ3) is 2.15. The average Bonchev–Trinajstić information content (AvgIpc) is 3.08. The van der Waals surface area contributed by atoms with E-state index in [1.54, 1.807) is 0 Å². The van der Waals surface area contributed by atoms with Crippen molar-refractivity contribution in [1.29, 1.82) is 0 Å². The highest BCUT2D eigenvalue weighted by Gasteiger charge is 2.30. The van der Waals surface area contributed by atoms with Gasteiger partial charge in [0.25, 0.3) is 0 Å². The van der Waals surface area contributed by atoms with E-state index < -0.39 is 0 Å². The summed E-state index contributed by atoms with van der Waals surface area (Å²) in [7, 11) is 0. The lowest BCUT2D eigenvalue weighted by Gasteiger charge is -2.38. The first-order valence-electron chi connectivity index (χ1n) is 6.77. The average molecular weight is 231 g/mol. The molecule has 1 aliphatic carbocycles. The van der Waals surface area contributed by atoms with Crippen LogP contribution in [-0.4, -0.2) is 23.1 Å². The second-order valence-corrected chi connectivity index (χ2v) is 5.95. The van der Waals surface area contributed by atoms with Crippen molar-refractivity contribution in [3.8, 4) is 0 Å². The highest BCUT2D eigenvalue weighted by Crippen LogP contribution is 2.39. The summed E-state index contributed by atoms with van der Waals surface area (Å²) in [5, 5.41) is 0. The van der Waals surface area contributed by atoms with Crippen LogP contribution in [0, 0.1) is 5.92 Å². The lowest BCUT2D eigenvalue weighted by molar-refractivity contribution is 0.442. The van der Waals surface area contributed by atoms with Crippen molar-refractivity contribution in [3.05, 3.63) is 17.6 Å². The Morgan fingerprint density at radius 2 is 1.94 bits per heavy atom. The van der Waals surface area contributed by atoms with Gasteiger partial charge in [0.1, 0.15) is 11.6 Å². The SMILES string of the molecule is CC1CN(c2cc(C(C)C)nc(C3CC3)n2)C1. The molecule has 3 rings (SSSR count). The van der Waals surface area contributed by atoms with Gasteiger partial charge in [0, 0.05) is 30.8 Å². The first-order valence-corrected chi connectivity index (χ1v) is 6.77. The van der Waals surface area contributed by atoms with Crippen LogP contribution in [0.5, 0.6) is 0 Å². The van der Waals surface area contributed by atoms with E-state index in [4.69, 9.17) is 9.97 Å². The molecule has 3 heteroatoms. The molecular formula is C14H21N3. The summed E-state index contributed by atoms with van der Waals surface area (Å²) in [6.07, 6.45) is 2.55. The van der Waals surface area contributed by atoms with Crippen LogP contribution in [-0.2, 0) is 0 Å². The molecule has 2 fully saturated rings. The van der Waals surface area contributed by atoms with E-state index in [1.165, 1.54) is 18.5 Å². The molecule has 0 amide bonds. The molecule has 0 unspecified atom stereocenters. The van der Waals surface area contributed by atoms with Crippen molar-refractivity contribution >= 4 is 5.82 Å². The predicted molar refractivity (Wildman–Crippen MR) is 69.5 cm³/mol. The first kappa shape index (κ1) is 11.0. The highest BCUT2D eigenvalue weighted by molar-refractivity contribution is 5.44. The molecule has 17 heavy (non-hydrogen) atoms. The van der Waals surface area contributed by atoms with Crippen molar-refractivity contribution in [2.24, 2.45) is 5.92 Å². The van der Waals surface area contributed by atoms with E-state index in [-0.39, 0.29) is 0 Å². The normalized spacial score (nSPS) is 20.8. The van der Waals surface area contributed by atoms with E-state index in [0.717, 1.165) is 30.6 Å². The van der Waals surface area contributed by atoms with Gasteiger partial charge in [-0.3, -0.25) is 0 Å². The van der Waals surface area contributed by atoms with Crippen molar-refractivity contribution < 1.29 is 0 Å². The Morgan fingerprint density at radius 3 is 2.47 bits per heavy atom. The highest BCUT2D eigenvalue weighted by atomic mass is 15.2. The number of nitrogens with zero attached hydrogens (tertiary/aromatic N) is 3. The van der Waals surface area contributed by atoms with Crippen molar-refractivity contribution in [3.63, 3.8) is 0 Å². The quantitative estimate of drug-likeness (QED) is 0.801. The molecule has 92 valence electrons. The van der Waals surface area contributed by atoms with Crippen molar-refractivity contribution in [2.75, 3.05) is 18.0 Å². The molecule has 1 saturated heterocycles. The van der Waals surface area contributed by atoms with Gasteiger partial charge in [0.05, 0.1) is 0 Å². The molecular weight excluding hydrogens is 210 g/mol. The van der Waals surface area contributed by atoms with Crippen LogP contribution < -0.4 is 4.90 Å². The zero-order valence-electron chi connectivity index (χ0n) is 11.0. The van der Waals surface area contributed by atoms with Crippen LogP contribution in [0.2, 0.25) is 0 Å². The molecule has 0 N–H and O–H groups in total. The maximum Gasteiger partial charge on any atom is 0.134 e. The summed E-state index contributed by atoms with van der Waals surface area (Å²) in [6, 6.07) is 2.18. The van der Waals surface area contributed by atoms with Gasteiger partial charge in [-0.25, -0.2) is 9.97 Å². The van der Waals surface area contributed by atoms with E-state index in [2.05, 4.69) is 31.7 Å². The number of anilines is 1. The fraction of sp³-hybridized carbons (Fsp3) is 0.714. The van der Waals surface area contributed by atoms with Gasteiger partial charge in [-0.1, -0.05) is 20.8 Å². The topological polar surface area (TPSA) is 29.0 Å². The van der Waals surface area contributed by atoms with E-state index in [0.29, 0.717) is 11.8 Å². The van der Waals surface area contributed by atoms with Crippen LogP contribution >= 0.6 is 0 Å². The summed E-state index contributed by atoms with van der Waals surface area (Å²) in [4.78, 5) is 11.8. The molecule has 1 aromatic rings. The molecule has 0 radical (unpaired) electrons. The fourth-order valence-corrected chi connectivity index (χ4v) is 2.34. The Hall–Kier alpha value is -1.12. The predicted octanol–water partition coefficient (Wildman–Crippen LogP) is 2.93. The van der Waals surface area contributed by atoms with Gasteiger partial charge >= 0.3 is 0 Å². The number of hydrogen-bond donors (Lipinski definition) is 0. The number of rotatable bonds is 3. The fourth-order valence-electron chi connectivity index (χ4n) is 2.34. The minimum Gasteiger partial charge on any atom is -0.356 e. The van der Waals surface area contributed by atoms with Crippen LogP contribution in [0.1, 0.15) is 57.0 Å². The first-order chi connectivity index (χ1) is 8.13. The Kier molecular flexibility index (Phi) is 2.57. The number of hydrogen-bond acceptors (Lipinski definition) is 3. The largest absolute Gasteiger partial charge is 0.356 e. The van der Waals surface area contributed by atoms with Crippen molar-refractivity contribution in [1.82, 2.24) is 9.97 Å². The number of aromatic nitrogens is 2.